The third kappa shape index (κ3) is 6.12. The van der Waals surface area contributed by atoms with Crippen LogP contribution in [0.15, 0.2) is 34.3 Å². The second-order valence-electron chi connectivity index (χ2n) is 8.87. The van der Waals surface area contributed by atoms with Crippen molar-refractivity contribution in [3.05, 3.63) is 41.3 Å². The third-order valence-corrected chi connectivity index (χ3v) is 5.84. The van der Waals surface area contributed by atoms with Crippen molar-refractivity contribution in [2.45, 2.75) is 38.8 Å². The molecular formula is C24H30F2N4O4. The number of nitrogens with two attached hydrogens (primary N) is 1. The molecule has 4 rings (SSSR count). The number of amides is 1. The summed E-state index contributed by atoms with van der Waals surface area (Å²) in [6.45, 7) is 1.35. The molecule has 2 aromatic rings. The lowest BCUT2D eigenvalue weighted by Crippen LogP contribution is -2.31. The number of carbonyl (C=O) groups is 1. The van der Waals surface area contributed by atoms with Gasteiger partial charge in [-0.2, -0.15) is 8.78 Å². The molecule has 1 aromatic heterocycles. The van der Waals surface area contributed by atoms with Crippen LogP contribution in [0.5, 0.6) is 11.5 Å². The van der Waals surface area contributed by atoms with Crippen LogP contribution in [-0.4, -0.2) is 55.7 Å². The average molecular weight is 477 g/mol. The summed E-state index contributed by atoms with van der Waals surface area (Å²) in [6.07, 6.45) is 5.09. The van der Waals surface area contributed by atoms with Crippen LogP contribution in [0, 0.1) is 5.92 Å². The van der Waals surface area contributed by atoms with E-state index in [0.29, 0.717) is 24.6 Å². The predicted octanol–water partition coefficient (Wildman–Crippen LogP) is 3.74. The monoisotopic (exact) mass is 476 g/mol. The van der Waals surface area contributed by atoms with Crippen molar-refractivity contribution in [1.29, 1.82) is 0 Å². The zero-order valence-electron chi connectivity index (χ0n) is 19.4. The van der Waals surface area contributed by atoms with Gasteiger partial charge >= 0.3 is 6.61 Å². The molecule has 1 aliphatic carbocycles. The second-order valence-corrected chi connectivity index (χ2v) is 8.87. The Bertz CT molecular complexity index is 1050. The first kappa shape index (κ1) is 24.2. The standard InChI is InChI=1S/C24H30F2N4O4/c1-14(27)21-20(22(31)28-12-15-7-9-30(2)10-8-15)29-23(34-21)17-5-6-18(33-24(25)26)19(11-17)32-13-16-3-4-16/h5-7,11,14,16,24H,3-4,8-10,12-13,27H2,1-2H3,(H,28,31)/t14-/m0/s1. The number of ether oxygens (including phenoxy) is 2. The van der Waals surface area contributed by atoms with Crippen molar-refractivity contribution >= 4 is 5.91 Å². The summed E-state index contributed by atoms with van der Waals surface area (Å²) in [5.74, 6) is 0.539. The lowest BCUT2D eigenvalue weighted by atomic mass is 10.1. The molecule has 1 atom stereocenters. The molecule has 0 spiro atoms. The molecule has 34 heavy (non-hydrogen) atoms. The third-order valence-electron chi connectivity index (χ3n) is 5.84. The first-order valence-electron chi connectivity index (χ1n) is 11.4. The fraction of sp³-hybridized carbons (Fsp3) is 0.500. The molecule has 2 aliphatic rings. The van der Waals surface area contributed by atoms with Gasteiger partial charge in [0.05, 0.1) is 12.6 Å². The summed E-state index contributed by atoms with van der Waals surface area (Å²) in [5.41, 5.74) is 7.76. The number of nitrogens with zero attached hydrogens (tertiary/aromatic N) is 2. The molecule has 2 heterocycles. The van der Waals surface area contributed by atoms with E-state index in [1.165, 1.54) is 18.2 Å². The largest absolute Gasteiger partial charge is 0.489 e. The molecule has 3 N–H and O–H groups in total. The van der Waals surface area contributed by atoms with Gasteiger partial charge in [-0.25, -0.2) is 4.98 Å². The van der Waals surface area contributed by atoms with Gasteiger partial charge in [-0.15, -0.1) is 0 Å². The van der Waals surface area contributed by atoms with E-state index in [1.807, 2.05) is 7.05 Å². The summed E-state index contributed by atoms with van der Waals surface area (Å²) in [4.78, 5) is 19.5. The van der Waals surface area contributed by atoms with Crippen LogP contribution in [0.4, 0.5) is 8.78 Å². The van der Waals surface area contributed by atoms with Crippen LogP contribution in [0.1, 0.15) is 48.5 Å². The van der Waals surface area contributed by atoms with Crippen LogP contribution >= 0.6 is 0 Å². The molecule has 0 saturated heterocycles. The Labute approximate surface area is 197 Å². The number of oxazole rings is 1. The zero-order valence-corrected chi connectivity index (χ0v) is 19.4. The Morgan fingerprint density at radius 3 is 2.79 bits per heavy atom. The van der Waals surface area contributed by atoms with Gasteiger partial charge in [-0.05, 0) is 57.4 Å². The van der Waals surface area contributed by atoms with Gasteiger partial charge in [0.15, 0.2) is 23.0 Å². The molecule has 184 valence electrons. The predicted molar refractivity (Wildman–Crippen MR) is 122 cm³/mol. The van der Waals surface area contributed by atoms with E-state index in [4.69, 9.17) is 14.9 Å². The Balaban J connectivity index is 1.54. The number of aromatic nitrogens is 1. The van der Waals surface area contributed by atoms with Crippen LogP contribution in [0.25, 0.3) is 11.5 Å². The van der Waals surface area contributed by atoms with Crippen molar-refractivity contribution in [3.8, 4) is 23.0 Å². The summed E-state index contributed by atoms with van der Waals surface area (Å²) < 4.78 is 41.8. The Morgan fingerprint density at radius 1 is 1.35 bits per heavy atom. The highest BCUT2D eigenvalue weighted by atomic mass is 19.3. The number of halogens is 2. The summed E-state index contributed by atoms with van der Waals surface area (Å²) >= 11 is 0. The van der Waals surface area contributed by atoms with Crippen LogP contribution in [-0.2, 0) is 0 Å². The molecule has 1 saturated carbocycles. The highest BCUT2D eigenvalue weighted by Gasteiger charge is 2.26. The SMILES string of the molecule is C[C@H](N)c1oc(-c2ccc(OC(F)F)c(OCC3CC3)c2)nc1C(=O)NCC1=CCN(C)CC1. The Hall–Kier alpha value is -2.98. The second kappa shape index (κ2) is 10.5. The number of likely N-dealkylation sites (N-methyl/N-ethyl adjacent to an activating group) is 1. The fourth-order valence-electron chi connectivity index (χ4n) is 3.62. The van der Waals surface area contributed by atoms with Crippen molar-refractivity contribution in [1.82, 2.24) is 15.2 Å². The summed E-state index contributed by atoms with van der Waals surface area (Å²) in [5, 5.41) is 2.89. The topological polar surface area (TPSA) is 103 Å². The van der Waals surface area contributed by atoms with Crippen LogP contribution < -0.4 is 20.5 Å². The number of rotatable bonds is 10. The maximum Gasteiger partial charge on any atom is 0.387 e. The average Bonchev–Trinajstić information content (AvgIpc) is 3.52. The van der Waals surface area contributed by atoms with E-state index in [2.05, 4.69) is 26.0 Å². The quantitative estimate of drug-likeness (QED) is 0.504. The highest BCUT2D eigenvalue weighted by molar-refractivity contribution is 5.94. The molecule has 1 amide bonds. The van der Waals surface area contributed by atoms with Crippen molar-refractivity contribution in [3.63, 3.8) is 0 Å². The van der Waals surface area contributed by atoms with Crippen molar-refractivity contribution in [2.75, 3.05) is 33.3 Å². The maximum absolute atomic E-state index is 12.9. The van der Waals surface area contributed by atoms with Gasteiger partial charge in [0, 0.05) is 25.2 Å². The normalized spacial score (nSPS) is 17.4. The highest BCUT2D eigenvalue weighted by Crippen LogP contribution is 2.37. The van der Waals surface area contributed by atoms with Crippen LogP contribution in [0.2, 0.25) is 0 Å². The summed E-state index contributed by atoms with van der Waals surface area (Å²) in [6, 6.07) is 3.87. The van der Waals surface area contributed by atoms with E-state index in [1.54, 1.807) is 6.92 Å². The molecule has 1 aliphatic heterocycles. The Morgan fingerprint density at radius 2 is 2.15 bits per heavy atom. The van der Waals surface area contributed by atoms with E-state index in [0.717, 1.165) is 37.9 Å². The minimum absolute atomic E-state index is 0.0669. The number of nitrogens with one attached hydrogen (secondary N) is 1. The molecule has 0 bridgehead atoms. The summed E-state index contributed by atoms with van der Waals surface area (Å²) in [7, 11) is 2.05. The van der Waals surface area contributed by atoms with E-state index in [9.17, 15) is 13.6 Å². The first-order valence-corrected chi connectivity index (χ1v) is 11.4. The number of hydrogen-bond donors (Lipinski definition) is 2. The van der Waals surface area contributed by atoms with Gasteiger partial charge in [-0.3, -0.25) is 4.79 Å². The van der Waals surface area contributed by atoms with E-state index in [-0.39, 0.29) is 34.8 Å². The number of benzene rings is 1. The van der Waals surface area contributed by atoms with Gasteiger partial charge in [0.1, 0.15) is 0 Å². The van der Waals surface area contributed by atoms with Gasteiger partial charge in [0.2, 0.25) is 5.89 Å². The molecule has 0 unspecified atom stereocenters. The zero-order chi connectivity index (χ0) is 24.2. The Kier molecular flexibility index (Phi) is 7.47. The number of alkyl halides is 2. The molecule has 1 fully saturated rings. The molecule has 10 heteroatoms. The lowest BCUT2D eigenvalue weighted by molar-refractivity contribution is -0.0515. The van der Waals surface area contributed by atoms with Crippen LogP contribution in [0.3, 0.4) is 0 Å². The molecule has 8 nitrogen and oxygen atoms in total. The van der Waals surface area contributed by atoms with Gasteiger partial charge < -0.3 is 29.8 Å². The van der Waals surface area contributed by atoms with E-state index < -0.39 is 12.7 Å². The van der Waals surface area contributed by atoms with Gasteiger partial charge in [0.25, 0.3) is 5.91 Å². The maximum atomic E-state index is 12.9. The van der Waals surface area contributed by atoms with Gasteiger partial charge in [-0.1, -0.05) is 11.6 Å². The number of hydrogen-bond acceptors (Lipinski definition) is 7. The molecular weight excluding hydrogens is 446 g/mol. The molecule has 1 aromatic carbocycles. The lowest BCUT2D eigenvalue weighted by Gasteiger charge is -2.21. The molecule has 0 radical (unpaired) electrons. The minimum Gasteiger partial charge on any atom is -0.489 e. The fourth-order valence-corrected chi connectivity index (χ4v) is 3.62. The minimum atomic E-state index is -2.98. The first-order chi connectivity index (χ1) is 16.3. The smallest absolute Gasteiger partial charge is 0.387 e. The van der Waals surface area contributed by atoms with Crippen molar-refractivity contribution in [2.24, 2.45) is 11.7 Å². The number of carbonyl (C=O) groups excluding carboxylic acids is 1. The van der Waals surface area contributed by atoms with E-state index >= 15 is 0 Å². The van der Waals surface area contributed by atoms with Crippen molar-refractivity contribution < 1.29 is 27.5 Å².